The van der Waals surface area contributed by atoms with Crippen molar-refractivity contribution in [1.82, 2.24) is 15.1 Å². The number of carbonyl (C=O) groups excluding carboxylic acids is 2. The van der Waals surface area contributed by atoms with Crippen molar-refractivity contribution in [2.45, 2.75) is 47.3 Å². The van der Waals surface area contributed by atoms with Gasteiger partial charge in [0.1, 0.15) is 13.2 Å². The van der Waals surface area contributed by atoms with Crippen molar-refractivity contribution < 1.29 is 14.3 Å². The van der Waals surface area contributed by atoms with E-state index >= 15 is 0 Å². The quantitative estimate of drug-likeness (QED) is 0.737. The molecule has 0 aliphatic rings. The molecule has 1 aromatic heterocycles. The van der Waals surface area contributed by atoms with E-state index in [0.717, 1.165) is 29.1 Å². The van der Waals surface area contributed by atoms with Crippen molar-refractivity contribution >= 4 is 11.9 Å². The highest BCUT2D eigenvalue weighted by atomic mass is 16.5. The Labute approximate surface area is 154 Å². The number of benzene rings is 1. The van der Waals surface area contributed by atoms with E-state index in [1.807, 2.05) is 48.9 Å². The lowest BCUT2D eigenvalue weighted by molar-refractivity contribution is -0.145. The molecular formula is C20H27N3O3. The number of ether oxygens (including phenoxy) is 1. The van der Waals surface area contributed by atoms with Gasteiger partial charge in [-0.2, -0.15) is 5.10 Å². The average molecular weight is 357 g/mol. The summed E-state index contributed by atoms with van der Waals surface area (Å²) in [6.45, 7) is 9.02. The lowest BCUT2D eigenvalue weighted by atomic mass is 10.1. The van der Waals surface area contributed by atoms with E-state index in [0.29, 0.717) is 5.92 Å². The summed E-state index contributed by atoms with van der Waals surface area (Å²) in [7, 11) is 0. The molecule has 2 rings (SSSR count). The van der Waals surface area contributed by atoms with Gasteiger partial charge < -0.3 is 10.1 Å². The minimum absolute atomic E-state index is 0.135. The SMILES string of the molecule is Cc1nn(CC(C)C)c(C)c1CC(=O)NCC(=O)OCc1ccccc1. The zero-order chi connectivity index (χ0) is 19.1. The third kappa shape index (κ3) is 5.72. The fraction of sp³-hybridized carbons (Fsp3) is 0.450. The molecule has 26 heavy (non-hydrogen) atoms. The summed E-state index contributed by atoms with van der Waals surface area (Å²) in [6.07, 6.45) is 0.210. The van der Waals surface area contributed by atoms with Gasteiger partial charge in [0.15, 0.2) is 0 Å². The molecule has 6 nitrogen and oxygen atoms in total. The van der Waals surface area contributed by atoms with Crippen LogP contribution < -0.4 is 5.32 Å². The van der Waals surface area contributed by atoms with Crippen LogP contribution in [0.4, 0.5) is 0 Å². The molecule has 6 heteroatoms. The van der Waals surface area contributed by atoms with E-state index in [1.165, 1.54) is 0 Å². The fourth-order valence-corrected chi connectivity index (χ4v) is 2.70. The second kappa shape index (κ2) is 9.17. The molecule has 0 atom stereocenters. The molecule has 1 amide bonds. The molecule has 0 aliphatic carbocycles. The Morgan fingerprint density at radius 1 is 1.19 bits per heavy atom. The number of aromatic nitrogens is 2. The second-order valence-corrected chi connectivity index (χ2v) is 6.83. The Hall–Kier alpha value is -2.63. The molecule has 0 saturated heterocycles. The van der Waals surface area contributed by atoms with Crippen LogP contribution in [0.25, 0.3) is 0 Å². The summed E-state index contributed by atoms with van der Waals surface area (Å²) >= 11 is 0. The van der Waals surface area contributed by atoms with Crippen LogP contribution in [0, 0.1) is 19.8 Å². The van der Waals surface area contributed by atoms with Gasteiger partial charge in [0, 0.05) is 17.8 Å². The Kier molecular flexibility index (Phi) is 6.95. The first kappa shape index (κ1) is 19.7. The van der Waals surface area contributed by atoms with Crippen LogP contribution in [0.1, 0.15) is 36.4 Å². The lowest BCUT2D eigenvalue weighted by Crippen LogP contribution is -2.32. The second-order valence-electron chi connectivity index (χ2n) is 6.83. The van der Waals surface area contributed by atoms with Crippen molar-refractivity contribution in [2.75, 3.05) is 6.54 Å². The van der Waals surface area contributed by atoms with Crippen molar-refractivity contribution in [1.29, 1.82) is 0 Å². The standard InChI is InChI=1S/C20H27N3O3/c1-14(2)12-23-16(4)18(15(3)22-23)10-19(24)21-11-20(25)26-13-17-8-6-5-7-9-17/h5-9,14H,10-13H2,1-4H3,(H,21,24). The normalized spacial score (nSPS) is 10.8. The summed E-state index contributed by atoms with van der Waals surface area (Å²) in [6, 6.07) is 9.43. The lowest BCUT2D eigenvalue weighted by Gasteiger charge is -2.09. The number of amides is 1. The molecule has 0 saturated carbocycles. The van der Waals surface area contributed by atoms with E-state index in [9.17, 15) is 9.59 Å². The maximum atomic E-state index is 12.2. The number of nitrogens with one attached hydrogen (secondary N) is 1. The van der Waals surface area contributed by atoms with Crippen molar-refractivity contribution in [2.24, 2.45) is 5.92 Å². The van der Waals surface area contributed by atoms with E-state index in [2.05, 4.69) is 24.3 Å². The molecule has 0 spiro atoms. The molecule has 1 aromatic carbocycles. The first-order chi connectivity index (χ1) is 12.4. The van der Waals surface area contributed by atoms with Crippen LogP contribution in [0.3, 0.4) is 0 Å². The van der Waals surface area contributed by atoms with Crippen molar-refractivity contribution in [3.63, 3.8) is 0 Å². The Balaban J connectivity index is 1.81. The van der Waals surface area contributed by atoms with Crippen LogP contribution in [0.5, 0.6) is 0 Å². The first-order valence-corrected chi connectivity index (χ1v) is 8.86. The molecule has 0 bridgehead atoms. The Morgan fingerprint density at radius 3 is 2.54 bits per heavy atom. The summed E-state index contributed by atoms with van der Waals surface area (Å²) < 4.78 is 7.10. The minimum atomic E-state index is -0.453. The molecule has 1 N–H and O–H groups in total. The predicted molar refractivity (Wildman–Crippen MR) is 99.5 cm³/mol. The van der Waals surface area contributed by atoms with Crippen LogP contribution in [-0.2, 0) is 33.9 Å². The van der Waals surface area contributed by atoms with Crippen molar-refractivity contribution in [3.8, 4) is 0 Å². The molecule has 0 fully saturated rings. The number of hydrogen-bond acceptors (Lipinski definition) is 4. The van der Waals surface area contributed by atoms with Crippen molar-refractivity contribution in [3.05, 3.63) is 52.8 Å². The highest BCUT2D eigenvalue weighted by molar-refractivity contribution is 5.83. The van der Waals surface area contributed by atoms with E-state index in [-0.39, 0.29) is 25.5 Å². The number of aryl methyl sites for hydroxylation is 1. The number of carbonyl (C=O) groups is 2. The van der Waals surface area contributed by atoms with Gasteiger partial charge >= 0.3 is 5.97 Å². The van der Waals surface area contributed by atoms with E-state index in [4.69, 9.17) is 4.74 Å². The molecule has 2 aromatic rings. The van der Waals surface area contributed by atoms with Crippen LogP contribution in [-0.4, -0.2) is 28.2 Å². The van der Waals surface area contributed by atoms with Crippen LogP contribution in [0.15, 0.2) is 30.3 Å². The minimum Gasteiger partial charge on any atom is -0.460 e. The van der Waals surface area contributed by atoms with Gasteiger partial charge in [0.2, 0.25) is 5.91 Å². The zero-order valence-electron chi connectivity index (χ0n) is 15.9. The van der Waals surface area contributed by atoms with Gasteiger partial charge in [-0.05, 0) is 25.3 Å². The molecule has 0 aliphatic heterocycles. The smallest absolute Gasteiger partial charge is 0.325 e. The van der Waals surface area contributed by atoms with Crippen LogP contribution in [0.2, 0.25) is 0 Å². The third-order valence-electron chi connectivity index (χ3n) is 4.08. The Bertz CT molecular complexity index is 751. The maximum absolute atomic E-state index is 12.2. The number of rotatable bonds is 8. The Morgan fingerprint density at radius 2 is 1.88 bits per heavy atom. The molecule has 140 valence electrons. The van der Waals surface area contributed by atoms with Crippen LogP contribution >= 0.6 is 0 Å². The average Bonchev–Trinajstić information content (AvgIpc) is 2.86. The predicted octanol–water partition coefficient (Wildman–Crippen LogP) is 2.56. The van der Waals surface area contributed by atoms with E-state index in [1.54, 1.807) is 0 Å². The molecule has 0 radical (unpaired) electrons. The third-order valence-corrected chi connectivity index (χ3v) is 4.08. The number of hydrogen-bond donors (Lipinski definition) is 1. The molecule has 1 heterocycles. The van der Waals surface area contributed by atoms with Gasteiger partial charge in [0.05, 0.1) is 12.1 Å². The zero-order valence-corrected chi connectivity index (χ0v) is 15.9. The highest BCUT2D eigenvalue weighted by Gasteiger charge is 2.16. The fourth-order valence-electron chi connectivity index (χ4n) is 2.70. The summed E-state index contributed by atoms with van der Waals surface area (Å²) in [5.74, 6) is -0.183. The maximum Gasteiger partial charge on any atom is 0.325 e. The van der Waals surface area contributed by atoms with Gasteiger partial charge in [0.25, 0.3) is 0 Å². The molecule has 0 unspecified atom stereocenters. The van der Waals surface area contributed by atoms with Gasteiger partial charge in [-0.25, -0.2) is 0 Å². The van der Waals surface area contributed by atoms with E-state index < -0.39 is 5.97 Å². The van der Waals surface area contributed by atoms with Gasteiger partial charge in [-0.15, -0.1) is 0 Å². The summed E-state index contributed by atoms with van der Waals surface area (Å²) in [4.78, 5) is 24.0. The highest BCUT2D eigenvalue weighted by Crippen LogP contribution is 2.15. The van der Waals surface area contributed by atoms with Gasteiger partial charge in [-0.3, -0.25) is 14.3 Å². The summed E-state index contributed by atoms with van der Waals surface area (Å²) in [5.41, 5.74) is 3.68. The molecular weight excluding hydrogens is 330 g/mol. The first-order valence-electron chi connectivity index (χ1n) is 8.86. The van der Waals surface area contributed by atoms with Gasteiger partial charge in [-0.1, -0.05) is 44.2 Å². The number of nitrogens with zero attached hydrogens (tertiary/aromatic N) is 2. The summed E-state index contributed by atoms with van der Waals surface area (Å²) in [5, 5.41) is 7.13. The topological polar surface area (TPSA) is 73.2 Å². The number of esters is 1. The largest absolute Gasteiger partial charge is 0.460 e. The monoisotopic (exact) mass is 357 g/mol.